The smallest absolute Gasteiger partial charge is 0.128 e. The third-order valence-electron chi connectivity index (χ3n) is 3.04. The van der Waals surface area contributed by atoms with Crippen LogP contribution in [0.4, 0.5) is 10.1 Å². The first-order valence-corrected chi connectivity index (χ1v) is 7.13. The van der Waals surface area contributed by atoms with Gasteiger partial charge < -0.3 is 5.32 Å². The van der Waals surface area contributed by atoms with Crippen molar-refractivity contribution >= 4 is 21.6 Å². The average molecular weight is 322 g/mol. The van der Waals surface area contributed by atoms with Crippen molar-refractivity contribution in [2.75, 3.05) is 5.32 Å². The molecular weight excluding hydrogens is 305 g/mol. The van der Waals surface area contributed by atoms with Crippen LogP contribution in [0.25, 0.3) is 0 Å². The number of hydrogen-bond acceptors (Lipinski definition) is 1. The molecule has 1 N–H and O–H groups in total. The van der Waals surface area contributed by atoms with Crippen molar-refractivity contribution < 1.29 is 4.39 Å². The Morgan fingerprint density at radius 2 is 1.95 bits per heavy atom. The monoisotopic (exact) mass is 321 g/mol. The molecule has 0 amide bonds. The maximum atomic E-state index is 13.6. The number of benzene rings is 2. The summed E-state index contributed by atoms with van der Waals surface area (Å²) in [5.74, 6) is 0.306. The summed E-state index contributed by atoms with van der Waals surface area (Å²) in [6, 6.07) is 13.2. The summed E-state index contributed by atoms with van der Waals surface area (Å²) in [6.45, 7) is 4.80. The SMILES string of the molecule is CC(C)c1cccc(NCc2cc(Br)ccc2F)c1. The van der Waals surface area contributed by atoms with Crippen LogP contribution in [0.3, 0.4) is 0 Å². The Morgan fingerprint density at radius 1 is 1.16 bits per heavy atom. The summed E-state index contributed by atoms with van der Waals surface area (Å²) < 4.78 is 14.5. The lowest BCUT2D eigenvalue weighted by Gasteiger charge is -2.11. The lowest BCUT2D eigenvalue weighted by molar-refractivity contribution is 0.612. The van der Waals surface area contributed by atoms with Crippen molar-refractivity contribution in [3.05, 3.63) is 63.9 Å². The summed E-state index contributed by atoms with van der Waals surface area (Å²) in [7, 11) is 0. The molecule has 0 aliphatic carbocycles. The number of hydrogen-bond donors (Lipinski definition) is 1. The van der Waals surface area contributed by atoms with E-state index < -0.39 is 0 Å². The second kappa shape index (κ2) is 6.20. The number of halogens is 2. The van der Waals surface area contributed by atoms with Crippen molar-refractivity contribution in [2.24, 2.45) is 0 Å². The second-order valence-electron chi connectivity index (χ2n) is 4.87. The van der Waals surface area contributed by atoms with E-state index in [1.54, 1.807) is 12.1 Å². The van der Waals surface area contributed by atoms with E-state index in [9.17, 15) is 4.39 Å². The topological polar surface area (TPSA) is 12.0 Å². The summed E-state index contributed by atoms with van der Waals surface area (Å²) in [6.07, 6.45) is 0. The average Bonchev–Trinajstić information content (AvgIpc) is 2.40. The highest BCUT2D eigenvalue weighted by molar-refractivity contribution is 9.10. The minimum Gasteiger partial charge on any atom is -0.381 e. The predicted molar refractivity (Wildman–Crippen MR) is 82.0 cm³/mol. The molecule has 2 aromatic carbocycles. The van der Waals surface area contributed by atoms with Crippen LogP contribution < -0.4 is 5.32 Å². The molecule has 0 aromatic heterocycles. The van der Waals surface area contributed by atoms with Crippen LogP contribution in [0.5, 0.6) is 0 Å². The van der Waals surface area contributed by atoms with Gasteiger partial charge in [-0.3, -0.25) is 0 Å². The number of nitrogens with one attached hydrogen (secondary N) is 1. The minimum atomic E-state index is -0.185. The Bertz CT molecular complexity index is 566. The van der Waals surface area contributed by atoms with Crippen LogP contribution in [-0.2, 0) is 6.54 Å². The first kappa shape index (κ1) is 14.1. The van der Waals surface area contributed by atoms with Crippen molar-refractivity contribution in [2.45, 2.75) is 26.3 Å². The van der Waals surface area contributed by atoms with E-state index in [2.05, 4.69) is 47.2 Å². The van der Waals surface area contributed by atoms with Gasteiger partial charge >= 0.3 is 0 Å². The summed E-state index contributed by atoms with van der Waals surface area (Å²) >= 11 is 3.36. The third kappa shape index (κ3) is 3.80. The predicted octanol–water partition coefficient (Wildman–Crippen LogP) is 5.32. The highest BCUT2D eigenvalue weighted by Crippen LogP contribution is 2.20. The molecule has 0 atom stereocenters. The van der Waals surface area contributed by atoms with Crippen molar-refractivity contribution in [1.29, 1.82) is 0 Å². The molecule has 100 valence electrons. The van der Waals surface area contributed by atoms with Crippen LogP contribution in [0.2, 0.25) is 0 Å². The molecule has 0 aliphatic rings. The lowest BCUT2D eigenvalue weighted by Crippen LogP contribution is -2.02. The van der Waals surface area contributed by atoms with E-state index in [4.69, 9.17) is 0 Å². The summed E-state index contributed by atoms with van der Waals surface area (Å²) in [5.41, 5.74) is 2.95. The maximum absolute atomic E-state index is 13.6. The van der Waals surface area contributed by atoms with Crippen LogP contribution in [0, 0.1) is 5.82 Å². The zero-order chi connectivity index (χ0) is 13.8. The molecule has 0 heterocycles. The molecule has 0 spiro atoms. The van der Waals surface area contributed by atoms with Gasteiger partial charge in [-0.15, -0.1) is 0 Å². The van der Waals surface area contributed by atoms with Crippen LogP contribution in [0.1, 0.15) is 30.9 Å². The van der Waals surface area contributed by atoms with E-state index in [1.807, 2.05) is 12.1 Å². The first-order chi connectivity index (χ1) is 9.06. The fraction of sp³-hybridized carbons (Fsp3) is 0.250. The van der Waals surface area contributed by atoms with Crippen molar-refractivity contribution in [1.82, 2.24) is 0 Å². The Labute approximate surface area is 122 Å². The Morgan fingerprint density at radius 3 is 2.68 bits per heavy atom. The molecule has 2 rings (SSSR count). The molecular formula is C16H17BrFN. The number of rotatable bonds is 4. The van der Waals surface area contributed by atoms with Gasteiger partial charge in [-0.25, -0.2) is 4.39 Å². The zero-order valence-electron chi connectivity index (χ0n) is 11.1. The molecule has 19 heavy (non-hydrogen) atoms. The Hall–Kier alpha value is -1.35. The first-order valence-electron chi connectivity index (χ1n) is 6.34. The minimum absolute atomic E-state index is 0.185. The van der Waals surface area contributed by atoms with Gasteiger partial charge in [-0.2, -0.15) is 0 Å². The van der Waals surface area contributed by atoms with Gasteiger partial charge in [-0.05, 0) is 41.8 Å². The maximum Gasteiger partial charge on any atom is 0.128 e. The van der Waals surface area contributed by atoms with Gasteiger partial charge in [0.2, 0.25) is 0 Å². The third-order valence-corrected chi connectivity index (χ3v) is 3.54. The Kier molecular flexibility index (Phi) is 4.59. The molecule has 0 radical (unpaired) electrons. The van der Waals surface area contributed by atoms with E-state index >= 15 is 0 Å². The molecule has 0 bridgehead atoms. The van der Waals surface area contributed by atoms with E-state index in [0.29, 0.717) is 18.0 Å². The molecule has 3 heteroatoms. The van der Waals surface area contributed by atoms with E-state index in [-0.39, 0.29) is 5.82 Å². The van der Waals surface area contributed by atoms with Crippen molar-refractivity contribution in [3.8, 4) is 0 Å². The summed E-state index contributed by atoms with van der Waals surface area (Å²) in [4.78, 5) is 0. The van der Waals surface area contributed by atoms with Gasteiger partial charge in [0.05, 0.1) is 0 Å². The fourth-order valence-corrected chi connectivity index (χ4v) is 2.29. The Balaban J connectivity index is 2.10. The van der Waals surface area contributed by atoms with Gasteiger partial charge in [-0.1, -0.05) is 41.9 Å². The molecule has 0 aliphatic heterocycles. The molecule has 1 nitrogen and oxygen atoms in total. The van der Waals surface area contributed by atoms with Crippen LogP contribution in [0.15, 0.2) is 46.9 Å². The normalized spacial score (nSPS) is 10.8. The van der Waals surface area contributed by atoms with Gasteiger partial charge in [0.25, 0.3) is 0 Å². The lowest BCUT2D eigenvalue weighted by atomic mass is 10.0. The zero-order valence-corrected chi connectivity index (χ0v) is 12.7. The largest absolute Gasteiger partial charge is 0.381 e. The fourth-order valence-electron chi connectivity index (χ4n) is 1.88. The highest BCUT2D eigenvalue weighted by Gasteiger charge is 2.04. The molecule has 2 aromatic rings. The standard InChI is InChI=1S/C16H17BrFN/c1-11(2)12-4-3-5-15(9-12)19-10-13-8-14(17)6-7-16(13)18/h3-9,11,19H,10H2,1-2H3. The van der Waals surface area contributed by atoms with Gasteiger partial charge in [0.15, 0.2) is 0 Å². The summed E-state index contributed by atoms with van der Waals surface area (Å²) in [5, 5.41) is 3.26. The van der Waals surface area contributed by atoms with Gasteiger partial charge in [0.1, 0.15) is 5.82 Å². The number of anilines is 1. The molecule has 0 unspecified atom stereocenters. The quantitative estimate of drug-likeness (QED) is 0.803. The van der Waals surface area contributed by atoms with E-state index in [1.165, 1.54) is 11.6 Å². The molecule has 0 saturated carbocycles. The highest BCUT2D eigenvalue weighted by atomic mass is 79.9. The van der Waals surface area contributed by atoms with Crippen LogP contribution in [-0.4, -0.2) is 0 Å². The van der Waals surface area contributed by atoms with Crippen LogP contribution >= 0.6 is 15.9 Å². The second-order valence-corrected chi connectivity index (χ2v) is 5.79. The molecule has 0 fully saturated rings. The van der Waals surface area contributed by atoms with Crippen molar-refractivity contribution in [3.63, 3.8) is 0 Å². The van der Waals surface area contributed by atoms with E-state index in [0.717, 1.165) is 10.2 Å². The van der Waals surface area contributed by atoms with Gasteiger partial charge in [0, 0.05) is 22.3 Å². The molecule has 0 saturated heterocycles.